The molecule has 1 heterocycles. The summed E-state index contributed by atoms with van der Waals surface area (Å²) in [7, 11) is 0. The Morgan fingerprint density at radius 1 is 1.42 bits per heavy atom. The molecule has 1 atom stereocenters. The number of hydrogen-bond acceptors (Lipinski definition) is 4. The van der Waals surface area contributed by atoms with Crippen molar-refractivity contribution in [2.45, 2.75) is 39.3 Å². The predicted molar refractivity (Wildman–Crippen MR) is 74.7 cm³/mol. The molecular formula is C13H17BrN2O3. The zero-order valence-electron chi connectivity index (χ0n) is 11.4. The van der Waals surface area contributed by atoms with E-state index in [9.17, 15) is 9.59 Å². The monoisotopic (exact) mass is 328 g/mol. The summed E-state index contributed by atoms with van der Waals surface area (Å²) in [5, 5.41) is 2.58. The van der Waals surface area contributed by atoms with Crippen LogP contribution in [0, 0.1) is 0 Å². The maximum absolute atomic E-state index is 12.0. The van der Waals surface area contributed by atoms with Crippen LogP contribution in [0.4, 0.5) is 0 Å². The van der Waals surface area contributed by atoms with Crippen LogP contribution < -0.4 is 5.32 Å². The fourth-order valence-electron chi connectivity index (χ4n) is 1.28. The highest BCUT2D eigenvalue weighted by Crippen LogP contribution is 2.13. The van der Waals surface area contributed by atoms with Gasteiger partial charge in [-0.15, -0.1) is 0 Å². The number of nitrogens with zero attached hydrogens (tertiary/aromatic N) is 1. The SMILES string of the molecule is C[C@@H](NC(=O)c1cccnc1Br)C(=O)OC(C)(C)C. The molecule has 1 aromatic heterocycles. The molecular weight excluding hydrogens is 312 g/mol. The van der Waals surface area contributed by atoms with E-state index in [-0.39, 0.29) is 5.91 Å². The fourth-order valence-corrected chi connectivity index (χ4v) is 1.71. The van der Waals surface area contributed by atoms with Crippen LogP contribution in [-0.4, -0.2) is 28.5 Å². The Morgan fingerprint density at radius 3 is 2.58 bits per heavy atom. The molecule has 1 amide bonds. The van der Waals surface area contributed by atoms with E-state index in [4.69, 9.17) is 4.74 Å². The lowest BCUT2D eigenvalue weighted by atomic mass is 10.2. The first-order valence-electron chi connectivity index (χ1n) is 5.85. The Hall–Kier alpha value is -1.43. The van der Waals surface area contributed by atoms with E-state index in [1.54, 1.807) is 46.0 Å². The standard InChI is InChI=1S/C13H17BrN2O3/c1-8(12(18)19-13(2,3)4)16-11(17)9-6-5-7-15-10(9)14/h5-8H,1-4H3,(H,16,17)/t8-/m1/s1. The van der Waals surface area contributed by atoms with E-state index < -0.39 is 17.6 Å². The number of carbonyl (C=O) groups is 2. The molecule has 0 aromatic carbocycles. The maximum atomic E-state index is 12.0. The van der Waals surface area contributed by atoms with Gasteiger partial charge in [0.1, 0.15) is 16.2 Å². The fraction of sp³-hybridized carbons (Fsp3) is 0.462. The van der Waals surface area contributed by atoms with Gasteiger partial charge in [-0.05, 0) is 55.8 Å². The number of hydrogen-bond donors (Lipinski definition) is 1. The Labute approximate surface area is 120 Å². The molecule has 0 aliphatic rings. The Balaban J connectivity index is 2.67. The lowest BCUT2D eigenvalue weighted by molar-refractivity contribution is -0.156. The lowest BCUT2D eigenvalue weighted by Crippen LogP contribution is -2.42. The topological polar surface area (TPSA) is 68.3 Å². The summed E-state index contributed by atoms with van der Waals surface area (Å²) in [6.07, 6.45) is 1.57. The van der Waals surface area contributed by atoms with Crippen molar-refractivity contribution < 1.29 is 14.3 Å². The molecule has 0 aliphatic carbocycles. The normalized spacial score (nSPS) is 12.7. The van der Waals surface area contributed by atoms with Crippen LogP contribution in [0.1, 0.15) is 38.1 Å². The van der Waals surface area contributed by atoms with Crippen molar-refractivity contribution >= 4 is 27.8 Å². The van der Waals surface area contributed by atoms with Gasteiger partial charge in [-0.2, -0.15) is 0 Å². The van der Waals surface area contributed by atoms with E-state index in [1.165, 1.54) is 0 Å². The van der Waals surface area contributed by atoms with Crippen molar-refractivity contribution in [3.05, 3.63) is 28.5 Å². The molecule has 1 N–H and O–H groups in total. The molecule has 1 aromatic rings. The second-order valence-corrected chi connectivity index (χ2v) is 5.82. The van der Waals surface area contributed by atoms with Gasteiger partial charge in [-0.25, -0.2) is 9.78 Å². The first-order chi connectivity index (χ1) is 8.70. The molecule has 6 heteroatoms. The smallest absolute Gasteiger partial charge is 0.328 e. The van der Waals surface area contributed by atoms with Gasteiger partial charge in [0, 0.05) is 6.20 Å². The first kappa shape index (κ1) is 15.6. The van der Waals surface area contributed by atoms with Gasteiger partial charge in [0.15, 0.2) is 0 Å². The van der Waals surface area contributed by atoms with Gasteiger partial charge in [0.05, 0.1) is 5.56 Å². The Kier molecular flexibility index (Phi) is 5.05. The van der Waals surface area contributed by atoms with Gasteiger partial charge < -0.3 is 10.1 Å². The molecule has 0 saturated heterocycles. The van der Waals surface area contributed by atoms with Gasteiger partial charge in [0.25, 0.3) is 5.91 Å². The van der Waals surface area contributed by atoms with Crippen LogP contribution in [0.25, 0.3) is 0 Å². The lowest BCUT2D eigenvalue weighted by Gasteiger charge is -2.22. The minimum atomic E-state index is -0.723. The maximum Gasteiger partial charge on any atom is 0.328 e. The average Bonchev–Trinajstić information content (AvgIpc) is 2.27. The third kappa shape index (κ3) is 4.98. The second kappa shape index (κ2) is 6.14. The van der Waals surface area contributed by atoms with E-state index in [2.05, 4.69) is 26.2 Å². The molecule has 0 fully saturated rings. The summed E-state index contributed by atoms with van der Waals surface area (Å²) in [5.41, 5.74) is -0.205. The molecule has 0 bridgehead atoms. The first-order valence-corrected chi connectivity index (χ1v) is 6.64. The highest BCUT2D eigenvalue weighted by Gasteiger charge is 2.23. The van der Waals surface area contributed by atoms with Gasteiger partial charge in [-0.3, -0.25) is 4.79 Å². The molecule has 0 radical (unpaired) electrons. The zero-order valence-corrected chi connectivity index (χ0v) is 12.9. The number of aromatic nitrogens is 1. The Morgan fingerprint density at radius 2 is 2.05 bits per heavy atom. The summed E-state index contributed by atoms with van der Waals surface area (Å²) in [5.74, 6) is -0.848. The summed E-state index contributed by atoms with van der Waals surface area (Å²) < 4.78 is 5.62. The van der Waals surface area contributed by atoms with Crippen LogP contribution in [-0.2, 0) is 9.53 Å². The van der Waals surface area contributed by atoms with Crippen molar-refractivity contribution in [1.29, 1.82) is 0 Å². The number of halogens is 1. The number of amides is 1. The number of ether oxygens (including phenoxy) is 1. The molecule has 0 spiro atoms. The molecule has 0 unspecified atom stereocenters. The van der Waals surface area contributed by atoms with Gasteiger partial charge in [-0.1, -0.05) is 0 Å². The third-order valence-electron chi connectivity index (χ3n) is 2.11. The van der Waals surface area contributed by atoms with Crippen LogP contribution in [0.15, 0.2) is 22.9 Å². The second-order valence-electron chi connectivity index (χ2n) is 5.07. The number of rotatable bonds is 3. The zero-order chi connectivity index (χ0) is 14.6. The third-order valence-corrected chi connectivity index (χ3v) is 2.74. The van der Waals surface area contributed by atoms with Gasteiger partial charge >= 0.3 is 5.97 Å². The van der Waals surface area contributed by atoms with Crippen molar-refractivity contribution in [2.24, 2.45) is 0 Å². The number of carbonyl (C=O) groups excluding carboxylic acids is 2. The molecule has 104 valence electrons. The predicted octanol–water partition coefficient (Wildman–Crippen LogP) is 2.30. The van der Waals surface area contributed by atoms with Crippen LogP contribution in [0.5, 0.6) is 0 Å². The summed E-state index contributed by atoms with van der Waals surface area (Å²) >= 11 is 3.18. The molecule has 0 saturated carbocycles. The minimum Gasteiger partial charge on any atom is -0.458 e. The van der Waals surface area contributed by atoms with Crippen LogP contribution in [0.3, 0.4) is 0 Å². The van der Waals surface area contributed by atoms with E-state index in [1.807, 2.05) is 0 Å². The van der Waals surface area contributed by atoms with Crippen molar-refractivity contribution in [3.63, 3.8) is 0 Å². The summed E-state index contributed by atoms with van der Waals surface area (Å²) in [4.78, 5) is 27.7. The number of nitrogens with one attached hydrogen (secondary N) is 1. The molecule has 19 heavy (non-hydrogen) atoms. The van der Waals surface area contributed by atoms with Gasteiger partial charge in [0.2, 0.25) is 0 Å². The van der Waals surface area contributed by atoms with E-state index in [0.29, 0.717) is 10.2 Å². The summed E-state index contributed by atoms with van der Waals surface area (Å²) in [6, 6.07) is 2.55. The molecule has 0 aliphatic heterocycles. The van der Waals surface area contributed by atoms with E-state index in [0.717, 1.165) is 0 Å². The number of esters is 1. The molecule has 1 rings (SSSR count). The van der Waals surface area contributed by atoms with Crippen LogP contribution >= 0.6 is 15.9 Å². The quantitative estimate of drug-likeness (QED) is 0.682. The van der Waals surface area contributed by atoms with Crippen molar-refractivity contribution in [3.8, 4) is 0 Å². The van der Waals surface area contributed by atoms with Crippen molar-refractivity contribution in [2.75, 3.05) is 0 Å². The van der Waals surface area contributed by atoms with E-state index >= 15 is 0 Å². The number of pyridine rings is 1. The molecule has 5 nitrogen and oxygen atoms in total. The highest BCUT2D eigenvalue weighted by molar-refractivity contribution is 9.10. The van der Waals surface area contributed by atoms with Crippen LogP contribution in [0.2, 0.25) is 0 Å². The largest absolute Gasteiger partial charge is 0.458 e. The minimum absolute atomic E-state index is 0.373. The summed E-state index contributed by atoms with van der Waals surface area (Å²) in [6.45, 7) is 6.90. The highest BCUT2D eigenvalue weighted by atomic mass is 79.9. The Bertz CT molecular complexity index is 483. The average molecular weight is 329 g/mol. The van der Waals surface area contributed by atoms with Crippen molar-refractivity contribution in [1.82, 2.24) is 10.3 Å².